The summed E-state index contributed by atoms with van der Waals surface area (Å²) in [6, 6.07) is 32.0. The van der Waals surface area contributed by atoms with Gasteiger partial charge in [0.1, 0.15) is 0 Å². The van der Waals surface area contributed by atoms with Crippen LogP contribution in [0.5, 0.6) is 0 Å². The molecule has 0 unspecified atom stereocenters. The second-order valence-corrected chi connectivity index (χ2v) is 7.18. The summed E-state index contributed by atoms with van der Waals surface area (Å²) in [5.41, 5.74) is 11.2. The van der Waals surface area contributed by atoms with Crippen molar-refractivity contribution < 1.29 is 4.79 Å². The number of nitrogen functional groups attached to an aromatic ring is 1. The summed E-state index contributed by atoms with van der Waals surface area (Å²) in [6.45, 7) is 0.618. The van der Waals surface area contributed by atoms with E-state index in [2.05, 4.69) is 20.9 Å². The van der Waals surface area contributed by atoms with Gasteiger partial charge in [-0.1, -0.05) is 48.5 Å². The molecule has 0 atom stereocenters. The number of hydrogen-bond acceptors (Lipinski definition) is 5. The first-order valence-corrected chi connectivity index (χ1v) is 10.2. The Morgan fingerprint density at radius 2 is 1.44 bits per heavy atom. The zero-order valence-corrected chi connectivity index (χ0v) is 17.4. The molecule has 1 amide bonds. The predicted octanol–water partition coefficient (Wildman–Crippen LogP) is 6.55. The van der Waals surface area contributed by atoms with Crippen LogP contribution in [0.25, 0.3) is 0 Å². The smallest absolute Gasteiger partial charge is 0.255 e. The molecular weight excluding hydrogens is 398 g/mol. The van der Waals surface area contributed by atoms with Gasteiger partial charge in [0.15, 0.2) is 0 Å². The van der Waals surface area contributed by atoms with E-state index >= 15 is 0 Å². The number of carbonyl (C=O) groups excluding carboxylic acids is 1. The number of para-hydroxylation sites is 2. The van der Waals surface area contributed by atoms with Crippen LogP contribution in [0.4, 0.5) is 28.4 Å². The standard InChI is InChI=1S/C26H23N5O/c27-24-11-4-5-12-25(24)29-26(32)20-15-13-19(14-16-20)18-28-22-9-6-10-23(17-22)31-30-21-7-2-1-3-8-21/h1-17,28H,18,27H2,(H,29,32). The van der Waals surface area contributed by atoms with Crippen molar-refractivity contribution in [2.75, 3.05) is 16.4 Å². The van der Waals surface area contributed by atoms with Gasteiger partial charge < -0.3 is 16.4 Å². The van der Waals surface area contributed by atoms with Gasteiger partial charge in [-0.3, -0.25) is 4.79 Å². The number of nitrogens with one attached hydrogen (secondary N) is 2. The fourth-order valence-electron chi connectivity index (χ4n) is 3.07. The lowest BCUT2D eigenvalue weighted by molar-refractivity contribution is 0.102. The Hall–Kier alpha value is -4.45. The van der Waals surface area contributed by atoms with Crippen molar-refractivity contribution in [3.8, 4) is 0 Å². The summed E-state index contributed by atoms with van der Waals surface area (Å²) in [5, 5.41) is 14.8. The van der Waals surface area contributed by atoms with Gasteiger partial charge >= 0.3 is 0 Å². The molecule has 0 radical (unpaired) electrons. The fraction of sp³-hybridized carbons (Fsp3) is 0.0385. The van der Waals surface area contributed by atoms with Gasteiger partial charge in [0.2, 0.25) is 0 Å². The molecule has 0 aliphatic carbocycles. The van der Waals surface area contributed by atoms with E-state index in [1.54, 1.807) is 24.3 Å². The molecule has 0 saturated carbocycles. The monoisotopic (exact) mass is 421 g/mol. The Balaban J connectivity index is 1.35. The first-order valence-electron chi connectivity index (χ1n) is 10.2. The molecule has 158 valence electrons. The maximum Gasteiger partial charge on any atom is 0.255 e. The lowest BCUT2D eigenvalue weighted by Crippen LogP contribution is -2.13. The fourth-order valence-corrected chi connectivity index (χ4v) is 3.07. The summed E-state index contributed by atoms with van der Waals surface area (Å²) in [4.78, 5) is 12.5. The second kappa shape index (κ2) is 10.0. The highest BCUT2D eigenvalue weighted by atomic mass is 16.1. The average molecular weight is 422 g/mol. The molecule has 6 nitrogen and oxygen atoms in total. The van der Waals surface area contributed by atoms with Crippen LogP contribution in [0.2, 0.25) is 0 Å². The van der Waals surface area contributed by atoms with Gasteiger partial charge in [0, 0.05) is 17.8 Å². The second-order valence-electron chi connectivity index (χ2n) is 7.18. The summed E-state index contributed by atoms with van der Waals surface area (Å²) in [7, 11) is 0. The molecule has 4 rings (SSSR count). The van der Waals surface area contributed by atoms with Gasteiger partial charge in [-0.2, -0.15) is 10.2 Å². The number of amides is 1. The van der Waals surface area contributed by atoms with E-state index < -0.39 is 0 Å². The van der Waals surface area contributed by atoms with Gasteiger partial charge in [-0.05, 0) is 60.2 Å². The van der Waals surface area contributed by atoms with Gasteiger partial charge in [0.25, 0.3) is 5.91 Å². The van der Waals surface area contributed by atoms with E-state index in [1.165, 1.54) is 0 Å². The minimum Gasteiger partial charge on any atom is -0.397 e. The SMILES string of the molecule is Nc1ccccc1NC(=O)c1ccc(CNc2cccc(N=Nc3ccccc3)c2)cc1. The molecule has 0 aromatic heterocycles. The third-order valence-corrected chi connectivity index (χ3v) is 4.81. The van der Waals surface area contributed by atoms with Gasteiger partial charge in [-0.15, -0.1) is 0 Å². The molecule has 4 N–H and O–H groups in total. The van der Waals surface area contributed by atoms with Crippen molar-refractivity contribution >= 4 is 34.3 Å². The van der Waals surface area contributed by atoms with E-state index in [4.69, 9.17) is 5.73 Å². The lowest BCUT2D eigenvalue weighted by Gasteiger charge is -2.09. The number of carbonyl (C=O) groups is 1. The number of azo groups is 1. The highest BCUT2D eigenvalue weighted by Gasteiger charge is 2.07. The average Bonchev–Trinajstić information content (AvgIpc) is 2.84. The maximum absolute atomic E-state index is 12.5. The van der Waals surface area contributed by atoms with Crippen molar-refractivity contribution in [3.63, 3.8) is 0 Å². The Morgan fingerprint density at radius 3 is 2.22 bits per heavy atom. The molecule has 0 bridgehead atoms. The number of anilines is 3. The highest BCUT2D eigenvalue weighted by Crippen LogP contribution is 2.22. The van der Waals surface area contributed by atoms with Crippen molar-refractivity contribution in [3.05, 3.63) is 114 Å². The summed E-state index contributed by atoms with van der Waals surface area (Å²) in [5.74, 6) is -0.195. The first-order chi connectivity index (χ1) is 15.7. The Kier molecular flexibility index (Phi) is 6.53. The van der Waals surface area contributed by atoms with Gasteiger partial charge in [-0.25, -0.2) is 0 Å². The number of nitrogens with two attached hydrogens (primary N) is 1. The molecular formula is C26H23N5O. The molecule has 0 spiro atoms. The van der Waals surface area contributed by atoms with E-state index in [0.29, 0.717) is 23.5 Å². The van der Waals surface area contributed by atoms with Crippen LogP contribution in [0.1, 0.15) is 15.9 Å². The largest absolute Gasteiger partial charge is 0.397 e. The van der Waals surface area contributed by atoms with Crippen LogP contribution in [0.15, 0.2) is 113 Å². The van der Waals surface area contributed by atoms with Crippen LogP contribution in [-0.4, -0.2) is 5.91 Å². The molecule has 0 aliphatic heterocycles. The summed E-state index contributed by atoms with van der Waals surface area (Å²) >= 11 is 0. The minimum atomic E-state index is -0.195. The third kappa shape index (κ3) is 5.58. The van der Waals surface area contributed by atoms with Crippen LogP contribution >= 0.6 is 0 Å². The quantitative estimate of drug-likeness (QED) is 0.233. The lowest BCUT2D eigenvalue weighted by atomic mass is 10.1. The Morgan fingerprint density at radius 1 is 0.750 bits per heavy atom. The van der Waals surface area contributed by atoms with Crippen LogP contribution in [0.3, 0.4) is 0 Å². The van der Waals surface area contributed by atoms with Crippen LogP contribution in [-0.2, 0) is 6.54 Å². The van der Waals surface area contributed by atoms with E-state index in [1.807, 2.05) is 78.9 Å². The Labute approximate surface area is 186 Å². The number of rotatable bonds is 7. The molecule has 4 aromatic carbocycles. The van der Waals surface area contributed by atoms with Gasteiger partial charge in [0.05, 0.1) is 22.7 Å². The molecule has 0 aliphatic rings. The zero-order chi connectivity index (χ0) is 22.2. The predicted molar refractivity (Wildman–Crippen MR) is 130 cm³/mol. The normalized spacial score (nSPS) is 10.8. The maximum atomic E-state index is 12.5. The molecule has 0 fully saturated rings. The summed E-state index contributed by atoms with van der Waals surface area (Å²) < 4.78 is 0. The molecule has 32 heavy (non-hydrogen) atoms. The molecule has 4 aromatic rings. The van der Waals surface area contributed by atoms with Crippen molar-refractivity contribution in [1.29, 1.82) is 0 Å². The van der Waals surface area contributed by atoms with Crippen molar-refractivity contribution in [2.45, 2.75) is 6.54 Å². The van der Waals surface area contributed by atoms with Crippen LogP contribution < -0.4 is 16.4 Å². The van der Waals surface area contributed by atoms with Crippen LogP contribution in [0, 0.1) is 0 Å². The number of nitrogens with zero attached hydrogens (tertiary/aromatic N) is 2. The van der Waals surface area contributed by atoms with E-state index in [9.17, 15) is 4.79 Å². The molecule has 0 saturated heterocycles. The first kappa shape index (κ1) is 20.8. The van der Waals surface area contributed by atoms with E-state index in [-0.39, 0.29) is 5.91 Å². The molecule has 6 heteroatoms. The minimum absolute atomic E-state index is 0.195. The van der Waals surface area contributed by atoms with Crippen molar-refractivity contribution in [1.82, 2.24) is 0 Å². The highest BCUT2D eigenvalue weighted by molar-refractivity contribution is 6.05. The van der Waals surface area contributed by atoms with E-state index in [0.717, 1.165) is 22.6 Å². The summed E-state index contributed by atoms with van der Waals surface area (Å²) in [6.07, 6.45) is 0. The Bertz CT molecular complexity index is 1220. The third-order valence-electron chi connectivity index (χ3n) is 4.81. The number of hydrogen-bond donors (Lipinski definition) is 3. The zero-order valence-electron chi connectivity index (χ0n) is 17.4. The van der Waals surface area contributed by atoms with Crippen molar-refractivity contribution in [2.24, 2.45) is 10.2 Å². The molecule has 0 heterocycles. The topological polar surface area (TPSA) is 91.9 Å². The number of benzene rings is 4.